The van der Waals surface area contributed by atoms with Gasteiger partial charge >= 0.3 is 0 Å². The van der Waals surface area contributed by atoms with Crippen molar-refractivity contribution in [3.8, 4) is 11.6 Å². The van der Waals surface area contributed by atoms with E-state index in [4.69, 9.17) is 4.74 Å². The van der Waals surface area contributed by atoms with E-state index in [1.165, 1.54) is 11.3 Å². The summed E-state index contributed by atoms with van der Waals surface area (Å²) in [5, 5.41) is 3.84. The number of hydrogen-bond donors (Lipinski definition) is 1. The summed E-state index contributed by atoms with van der Waals surface area (Å²) >= 11 is 4.76. The van der Waals surface area contributed by atoms with Gasteiger partial charge < -0.3 is 10.1 Å². The van der Waals surface area contributed by atoms with Crippen LogP contribution in [0, 0.1) is 0 Å². The Kier molecular flexibility index (Phi) is 4.06. The molecule has 0 spiro atoms. The first kappa shape index (κ1) is 15.0. The number of nitrogens with one attached hydrogen (secondary N) is 1. The molecule has 4 rings (SSSR count). The van der Waals surface area contributed by atoms with E-state index in [0.29, 0.717) is 27.2 Å². The summed E-state index contributed by atoms with van der Waals surface area (Å²) in [6.07, 6.45) is 3.35. The van der Waals surface area contributed by atoms with Crippen molar-refractivity contribution in [2.45, 2.75) is 0 Å². The molecule has 0 aliphatic heterocycles. The molecule has 0 radical (unpaired) electrons. The molecular weight excluding hydrogens is 390 g/mol. The highest BCUT2D eigenvalue weighted by molar-refractivity contribution is 9.10. The number of para-hydroxylation sites is 1. The van der Waals surface area contributed by atoms with E-state index in [1.54, 1.807) is 12.4 Å². The predicted octanol–water partition coefficient (Wildman–Crippen LogP) is 4.78. The Labute approximate surface area is 149 Å². The van der Waals surface area contributed by atoms with Gasteiger partial charge in [-0.05, 0) is 40.2 Å². The number of ether oxygens (including phenoxy) is 1. The smallest absolute Gasteiger partial charge is 0.264 e. The minimum Gasteiger partial charge on any atom is -0.436 e. The van der Waals surface area contributed by atoms with Crippen LogP contribution in [0.2, 0.25) is 0 Å². The second kappa shape index (κ2) is 6.50. The molecule has 0 unspecified atom stereocenters. The topological polar surface area (TPSA) is 72.8 Å². The first-order chi connectivity index (χ1) is 11.8. The number of anilines is 2. The summed E-state index contributed by atoms with van der Waals surface area (Å²) in [6, 6.07) is 13.2. The number of rotatable bonds is 4. The maximum atomic E-state index is 5.83. The van der Waals surface area contributed by atoms with Gasteiger partial charge in [0.15, 0.2) is 10.9 Å². The number of hydrogen-bond acceptors (Lipinski definition) is 7. The van der Waals surface area contributed by atoms with Crippen LogP contribution in [0.4, 0.5) is 10.9 Å². The number of pyridine rings is 1. The largest absolute Gasteiger partial charge is 0.436 e. The Morgan fingerprint density at radius 3 is 2.71 bits per heavy atom. The normalized spacial score (nSPS) is 10.7. The van der Waals surface area contributed by atoms with Gasteiger partial charge in [0.05, 0.1) is 6.20 Å². The molecule has 24 heavy (non-hydrogen) atoms. The van der Waals surface area contributed by atoms with Crippen LogP contribution in [0.15, 0.2) is 59.5 Å². The molecule has 0 saturated heterocycles. The van der Waals surface area contributed by atoms with Crippen molar-refractivity contribution in [2.24, 2.45) is 0 Å². The summed E-state index contributed by atoms with van der Waals surface area (Å²) < 4.78 is 6.42. The van der Waals surface area contributed by atoms with E-state index < -0.39 is 0 Å². The van der Waals surface area contributed by atoms with Crippen molar-refractivity contribution in [1.29, 1.82) is 0 Å². The molecule has 1 N–H and O–H groups in total. The SMILES string of the molecule is Brc1cnc(Nc2nc3cccnc3s2)c(Oc2ccccc2)n1. The van der Waals surface area contributed by atoms with Gasteiger partial charge in [0, 0.05) is 6.20 Å². The fourth-order valence-electron chi connectivity index (χ4n) is 2.03. The molecule has 0 fully saturated rings. The molecule has 0 aliphatic rings. The van der Waals surface area contributed by atoms with E-state index in [9.17, 15) is 0 Å². The average molecular weight is 400 g/mol. The summed E-state index contributed by atoms with van der Waals surface area (Å²) in [6.45, 7) is 0. The highest BCUT2D eigenvalue weighted by atomic mass is 79.9. The second-order valence-electron chi connectivity index (χ2n) is 4.73. The van der Waals surface area contributed by atoms with Gasteiger partial charge in [-0.2, -0.15) is 0 Å². The Hall–Kier alpha value is -2.58. The lowest BCUT2D eigenvalue weighted by Crippen LogP contribution is -1.99. The van der Waals surface area contributed by atoms with Crippen LogP contribution in [0.1, 0.15) is 0 Å². The van der Waals surface area contributed by atoms with Crippen molar-refractivity contribution in [2.75, 3.05) is 5.32 Å². The first-order valence-corrected chi connectivity index (χ1v) is 8.63. The maximum absolute atomic E-state index is 5.83. The highest BCUT2D eigenvalue weighted by Gasteiger charge is 2.12. The van der Waals surface area contributed by atoms with Gasteiger partial charge in [0.2, 0.25) is 0 Å². The first-order valence-electron chi connectivity index (χ1n) is 7.02. The van der Waals surface area contributed by atoms with Crippen LogP contribution < -0.4 is 10.1 Å². The van der Waals surface area contributed by atoms with Gasteiger partial charge in [-0.25, -0.2) is 19.9 Å². The second-order valence-corrected chi connectivity index (χ2v) is 6.52. The third-order valence-electron chi connectivity index (χ3n) is 3.06. The molecule has 0 aliphatic carbocycles. The van der Waals surface area contributed by atoms with E-state index in [2.05, 4.69) is 41.2 Å². The summed E-state index contributed by atoms with van der Waals surface area (Å²) in [5.74, 6) is 1.53. The minimum absolute atomic E-state index is 0.364. The molecule has 0 atom stereocenters. The molecule has 1 aromatic carbocycles. The molecule has 3 heterocycles. The Morgan fingerprint density at radius 2 is 1.88 bits per heavy atom. The maximum Gasteiger partial charge on any atom is 0.264 e. The molecule has 6 nitrogen and oxygen atoms in total. The molecule has 0 saturated carbocycles. The van der Waals surface area contributed by atoms with Crippen LogP contribution in [0.5, 0.6) is 11.6 Å². The summed E-state index contributed by atoms with van der Waals surface area (Å²) in [7, 11) is 0. The van der Waals surface area contributed by atoms with Crippen LogP contribution in [-0.4, -0.2) is 19.9 Å². The summed E-state index contributed by atoms with van der Waals surface area (Å²) in [4.78, 5) is 18.3. The highest BCUT2D eigenvalue weighted by Crippen LogP contribution is 2.32. The quantitative estimate of drug-likeness (QED) is 0.532. The van der Waals surface area contributed by atoms with Crippen LogP contribution in [0.25, 0.3) is 10.3 Å². The molecule has 3 aromatic heterocycles. The van der Waals surface area contributed by atoms with Crippen molar-refractivity contribution < 1.29 is 4.74 Å². The van der Waals surface area contributed by atoms with E-state index in [0.717, 1.165) is 10.3 Å². The third-order valence-corrected chi connectivity index (χ3v) is 4.34. The van der Waals surface area contributed by atoms with Crippen LogP contribution in [-0.2, 0) is 0 Å². The molecule has 4 aromatic rings. The fourth-order valence-corrected chi connectivity index (χ4v) is 3.10. The lowest BCUT2D eigenvalue weighted by Gasteiger charge is -2.09. The zero-order valence-corrected chi connectivity index (χ0v) is 14.6. The average Bonchev–Trinajstić information content (AvgIpc) is 3.01. The molecule has 0 bridgehead atoms. The molecule has 0 amide bonds. The van der Waals surface area contributed by atoms with Crippen molar-refractivity contribution in [1.82, 2.24) is 19.9 Å². The number of halogens is 1. The predicted molar refractivity (Wildman–Crippen MR) is 96.9 cm³/mol. The van der Waals surface area contributed by atoms with Crippen LogP contribution in [0.3, 0.4) is 0 Å². The van der Waals surface area contributed by atoms with Gasteiger partial charge in [0.1, 0.15) is 20.7 Å². The fraction of sp³-hybridized carbons (Fsp3) is 0. The zero-order valence-electron chi connectivity index (χ0n) is 12.2. The number of benzene rings is 1. The Bertz CT molecular complexity index is 959. The van der Waals surface area contributed by atoms with E-state index in [-0.39, 0.29) is 0 Å². The minimum atomic E-state index is 0.364. The van der Waals surface area contributed by atoms with E-state index in [1.807, 2.05) is 42.5 Å². The van der Waals surface area contributed by atoms with Gasteiger partial charge in [-0.15, -0.1) is 0 Å². The van der Waals surface area contributed by atoms with Gasteiger partial charge in [0.25, 0.3) is 5.88 Å². The summed E-state index contributed by atoms with van der Waals surface area (Å²) in [5.41, 5.74) is 0.834. The lowest BCUT2D eigenvalue weighted by molar-refractivity contribution is 0.462. The molecular formula is C16H10BrN5OS. The monoisotopic (exact) mass is 399 g/mol. The number of nitrogens with zero attached hydrogens (tertiary/aromatic N) is 4. The number of fused-ring (bicyclic) bond motifs is 1. The van der Waals surface area contributed by atoms with Gasteiger partial charge in [-0.3, -0.25) is 0 Å². The van der Waals surface area contributed by atoms with Crippen molar-refractivity contribution >= 4 is 48.6 Å². The number of thiazole rings is 1. The van der Waals surface area contributed by atoms with Crippen LogP contribution >= 0.6 is 27.3 Å². The van der Waals surface area contributed by atoms with Gasteiger partial charge in [-0.1, -0.05) is 29.5 Å². The standard InChI is InChI=1S/C16H10BrN5OS/c17-12-9-19-13(14(21-12)23-10-5-2-1-3-6-10)22-16-20-11-7-4-8-18-15(11)24-16/h1-9H,(H,19,20,22). The number of aromatic nitrogens is 4. The lowest BCUT2D eigenvalue weighted by atomic mass is 10.3. The molecule has 118 valence electrons. The Morgan fingerprint density at radius 1 is 1.00 bits per heavy atom. The van der Waals surface area contributed by atoms with Crippen molar-refractivity contribution in [3.05, 3.63) is 59.5 Å². The molecule has 8 heteroatoms. The third kappa shape index (κ3) is 3.19. The van der Waals surface area contributed by atoms with E-state index >= 15 is 0 Å². The zero-order chi connectivity index (χ0) is 16.4. The van der Waals surface area contributed by atoms with Crippen molar-refractivity contribution in [3.63, 3.8) is 0 Å². The Balaban J connectivity index is 1.67.